The first-order valence-electron chi connectivity index (χ1n) is 5.37. The predicted octanol–water partition coefficient (Wildman–Crippen LogP) is 3.54. The number of amides is 1. The van der Waals surface area contributed by atoms with Gasteiger partial charge in [0.2, 0.25) is 0 Å². The number of carboxylic acid groups (broad SMARTS) is 1. The second-order valence-corrected chi connectivity index (χ2v) is 3.68. The molecular weight excluding hydrogens is 250 g/mol. The minimum Gasteiger partial charge on any atom is -0.465 e. The monoisotopic (exact) mass is 263 g/mol. The molecule has 0 unspecified atom stereocenters. The van der Waals surface area contributed by atoms with Crippen LogP contribution in [-0.4, -0.2) is 11.2 Å². The van der Waals surface area contributed by atoms with Gasteiger partial charge in [-0.2, -0.15) is 0 Å². The Morgan fingerprint density at radius 1 is 1.00 bits per heavy atom. The van der Waals surface area contributed by atoms with Crippen LogP contribution in [-0.2, 0) is 6.54 Å². The highest BCUT2D eigenvalue weighted by atomic mass is 35.5. The van der Waals surface area contributed by atoms with E-state index in [-0.39, 0.29) is 12.4 Å². The van der Waals surface area contributed by atoms with Gasteiger partial charge in [0, 0.05) is 6.54 Å². The summed E-state index contributed by atoms with van der Waals surface area (Å²) in [6.07, 6.45) is -1.01. The average molecular weight is 264 g/mol. The summed E-state index contributed by atoms with van der Waals surface area (Å²) in [5.74, 6) is 0. The Hall–Kier alpha value is -2.00. The molecule has 0 aliphatic heterocycles. The van der Waals surface area contributed by atoms with Crippen molar-refractivity contribution in [2.24, 2.45) is 0 Å². The van der Waals surface area contributed by atoms with E-state index in [1.165, 1.54) is 0 Å². The molecule has 0 fully saturated rings. The van der Waals surface area contributed by atoms with Crippen LogP contribution in [0.2, 0.25) is 0 Å². The molecule has 2 N–H and O–H groups in total. The van der Waals surface area contributed by atoms with Gasteiger partial charge < -0.3 is 10.4 Å². The van der Waals surface area contributed by atoms with Crippen molar-refractivity contribution in [1.82, 2.24) is 5.32 Å². The number of rotatable bonds is 3. The number of hydrogen-bond acceptors (Lipinski definition) is 1. The lowest BCUT2D eigenvalue weighted by Crippen LogP contribution is -2.20. The summed E-state index contributed by atoms with van der Waals surface area (Å²) >= 11 is 0. The van der Waals surface area contributed by atoms with Crippen molar-refractivity contribution in [2.45, 2.75) is 6.54 Å². The number of nitrogens with one attached hydrogen (secondary N) is 1. The molecular formula is C14H14ClNO2. The molecule has 94 valence electrons. The summed E-state index contributed by atoms with van der Waals surface area (Å²) in [7, 11) is 0. The molecule has 0 aliphatic rings. The SMILES string of the molecule is Cl.O=C(O)NCc1ccccc1-c1ccccc1. The lowest BCUT2D eigenvalue weighted by molar-refractivity contribution is 0.194. The van der Waals surface area contributed by atoms with Crippen LogP contribution in [0.4, 0.5) is 4.79 Å². The van der Waals surface area contributed by atoms with Crippen LogP contribution in [0.25, 0.3) is 11.1 Å². The fraction of sp³-hybridized carbons (Fsp3) is 0.0714. The van der Waals surface area contributed by atoms with Crippen molar-refractivity contribution in [3.63, 3.8) is 0 Å². The van der Waals surface area contributed by atoms with E-state index in [0.29, 0.717) is 6.54 Å². The Kier molecular flexibility index (Phi) is 5.21. The highest BCUT2D eigenvalue weighted by molar-refractivity contribution is 5.85. The van der Waals surface area contributed by atoms with Crippen molar-refractivity contribution in [3.8, 4) is 11.1 Å². The van der Waals surface area contributed by atoms with E-state index in [4.69, 9.17) is 5.11 Å². The lowest BCUT2D eigenvalue weighted by atomic mass is 10.00. The molecule has 0 saturated heterocycles. The van der Waals surface area contributed by atoms with E-state index in [9.17, 15) is 4.79 Å². The van der Waals surface area contributed by atoms with E-state index in [1.54, 1.807) is 0 Å². The standard InChI is InChI=1S/C14H13NO2.ClH/c16-14(17)15-10-12-8-4-5-9-13(12)11-6-2-1-3-7-11;/h1-9,15H,10H2,(H,16,17);1H. The smallest absolute Gasteiger partial charge is 0.404 e. The van der Waals surface area contributed by atoms with Gasteiger partial charge in [-0.15, -0.1) is 12.4 Å². The molecule has 1 amide bonds. The molecule has 3 nitrogen and oxygen atoms in total. The molecule has 2 aromatic carbocycles. The second-order valence-electron chi connectivity index (χ2n) is 3.68. The van der Waals surface area contributed by atoms with Gasteiger partial charge in [0.15, 0.2) is 0 Å². The molecule has 0 aliphatic carbocycles. The highest BCUT2D eigenvalue weighted by Gasteiger charge is 2.04. The van der Waals surface area contributed by atoms with Crippen LogP contribution in [0.15, 0.2) is 54.6 Å². The molecule has 0 bridgehead atoms. The first-order chi connectivity index (χ1) is 8.27. The lowest BCUT2D eigenvalue weighted by Gasteiger charge is -2.09. The Morgan fingerprint density at radius 3 is 2.28 bits per heavy atom. The molecule has 2 aromatic rings. The Bertz CT molecular complexity index is 514. The van der Waals surface area contributed by atoms with Crippen molar-refractivity contribution in [1.29, 1.82) is 0 Å². The maximum absolute atomic E-state index is 10.5. The number of benzene rings is 2. The van der Waals surface area contributed by atoms with Crippen LogP contribution >= 0.6 is 12.4 Å². The van der Waals surface area contributed by atoms with Crippen LogP contribution in [0.5, 0.6) is 0 Å². The first kappa shape index (κ1) is 14.1. The maximum atomic E-state index is 10.5. The quantitative estimate of drug-likeness (QED) is 0.890. The van der Waals surface area contributed by atoms with Crippen LogP contribution < -0.4 is 5.32 Å². The van der Waals surface area contributed by atoms with Gasteiger partial charge in [-0.3, -0.25) is 0 Å². The molecule has 0 atom stereocenters. The molecule has 0 heterocycles. The molecule has 0 saturated carbocycles. The second kappa shape index (κ2) is 6.67. The summed E-state index contributed by atoms with van der Waals surface area (Å²) < 4.78 is 0. The van der Waals surface area contributed by atoms with E-state index in [2.05, 4.69) is 5.32 Å². The Labute approximate surface area is 112 Å². The zero-order valence-corrected chi connectivity index (χ0v) is 10.5. The zero-order valence-electron chi connectivity index (χ0n) is 9.67. The summed E-state index contributed by atoms with van der Waals surface area (Å²) in [5.41, 5.74) is 3.12. The van der Waals surface area contributed by atoms with E-state index in [0.717, 1.165) is 16.7 Å². The zero-order chi connectivity index (χ0) is 12.1. The van der Waals surface area contributed by atoms with Gasteiger partial charge in [0.1, 0.15) is 0 Å². The third-order valence-corrected chi connectivity index (χ3v) is 2.53. The van der Waals surface area contributed by atoms with Crippen LogP contribution in [0, 0.1) is 0 Å². The van der Waals surface area contributed by atoms with Crippen molar-refractivity contribution < 1.29 is 9.90 Å². The van der Waals surface area contributed by atoms with Gasteiger partial charge in [-0.05, 0) is 16.7 Å². The van der Waals surface area contributed by atoms with Gasteiger partial charge >= 0.3 is 6.09 Å². The summed E-state index contributed by atoms with van der Waals surface area (Å²) in [4.78, 5) is 10.5. The van der Waals surface area contributed by atoms with E-state index in [1.807, 2.05) is 54.6 Å². The Balaban J connectivity index is 0.00000162. The predicted molar refractivity (Wildman–Crippen MR) is 74.0 cm³/mol. The van der Waals surface area contributed by atoms with Crippen LogP contribution in [0.3, 0.4) is 0 Å². The van der Waals surface area contributed by atoms with Crippen molar-refractivity contribution in [3.05, 3.63) is 60.2 Å². The summed E-state index contributed by atoms with van der Waals surface area (Å²) in [6.45, 7) is 0.320. The molecule has 4 heteroatoms. The average Bonchev–Trinajstić information content (AvgIpc) is 2.38. The molecule has 2 rings (SSSR count). The molecule has 0 spiro atoms. The minimum atomic E-state index is -1.01. The fourth-order valence-corrected chi connectivity index (χ4v) is 1.74. The summed E-state index contributed by atoms with van der Waals surface area (Å²) in [6, 6.07) is 17.7. The maximum Gasteiger partial charge on any atom is 0.404 e. The first-order valence-corrected chi connectivity index (χ1v) is 5.37. The largest absolute Gasteiger partial charge is 0.465 e. The number of carbonyl (C=O) groups is 1. The van der Waals surface area contributed by atoms with Gasteiger partial charge in [0.25, 0.3) is 0 Å². The minimum absolute atomic E-state index is 0. The van der Waals surface area contributed by atoms with Crippen molar-refractivity contribution >= 4 is 18.5 Å². The topological polar surface area (TPSA) is 49.3 Å². The van der Waals surface area contributed by atoms with Gasteiger partial charge in [0.05, 0.1) is 0 Å². The third-order valence-electron chi connectivity index (χ3n) is 2.53. The number of halogens is 1. The van der Waals surface area contributed by atoms with Gasteiger partial charge in [-0.25, -0.2) is 4.79 Å². The number of hydrogen-bond donors (Lipinski definition) is 2. The summed E-state index contributed by atoms with van der Waals surface area (Å²) in [5, 5.41) is 11.0. The Morgan fingerprint density at radius 2 is 1.61 bits per heavy atom. The highest BCUT2D eigenvalue weighted by Crippen LogP contribution is 2.23. The fourth-order valence-electron chi connectivity index (χ4n) is 1.74. The van der Waals surface area contributed by atoms with E-state index >= 15 is 0 Å². The van der Waals surface area contributed by atoms with Crippen molar-refractivity contribution in [2.75, 3.05) is 0 Å². The van der Waals surface area contributed by atoms with Gasteiger partial charge in [-0.1, -0.05) is 54.6 Å². The third kappa shape index (κ3) is 3.50. The normalized spacial score (nSPS) is 9.33. The molecule has 0 radical (unpaired) electrons. The van der Waals surface area contributed by atoms with Crippen LogP contribution in [0.1, 0.15) is 5.56 Å². The molecule has 18 heavy (non-hydrogen) atoms. The molecule has 0 aromatic heterocycles. The van der Waals surface area contributed by atoms with E-state index < -0.39 is 6.09 Å².